The summed E-state index contributed by atoms with van der Waals surface area (Å²) in [6.45, 7) is 11.5. The van der Waals surface area contributed by atoms with Gasteiger partial charge >= 0.3 is 0 Å². The maximum Gasteiger partial charge on any atom is 0.155 e. The van der Waals surface area contributed by atoms with Crippen molar-refractivity contribution in [3.05, 3.63) is 71.1 Å². The van der Waals surface area contributed by atoms with Crippen LogP contribution in [0.3, 0.4) is 0 Å². The number of allylic oxidation sites excluding steroid dienone is 2. The van der Waals surface area contributed by atoms with Crippen molar-refractivity contribution in [1.82, 2.24) is 9.97 Å². The number of hydrogen-bond donors (Lipinski definition) is 1. The minimum Gasteiger partial charge on any atom is -0.512 e. The Labute approximate surface area is 192 Å². The summed E-state index contributed by atoms with van der Waals surface area (Å²) in [4.78, 5) is 19.5. The molecule has 0 atom stereocenters. The van der Waals surface area contributed by atoms with Gasteiger partial charge in [-0.2, -0.15) is 0 Å². The molecule has 5 heteroatoms. The third-order valence-corrected chi connectivity index (χ3v) is 4.22. The molecule has 0 spiro atoms. The predicted octanol–water partition coefficient (Wildman–Crippen LogP) is 6.15. The molecule has 3 aromatic rings. The number of ketones is 1. The van der Waals surface area contributed by atoms with E-state index in [0.29, 0.717) is 5.92 Å². The van der Waals surface area contributed by atoms with Gasteiger partial charge < -0.3 is 5.11 Å². The van der Waals surface area contributed by atoms with Crippen molar-refractivity contribution < 1.29 is 30.0 Å². The van der Waals surface area contributed by atoms with Crippen LogP contribution in [-0.4, -0.2) is 20.9 Å². The second-order valence-corrected chi connectivity index (χ2v) is 7.85. The van der Waals surface area contributed by atoms with Gasteiger partial charge in [-0.3, -0.25) is 9.78 Å². The Balaban J connectivity index is 0.000000489. The van der Waals surface area contributed by atoms with E-state index < -0.39 is 0 Å². The Morgan fingerprint density at radius 2 is 1.73 bits per heavy atom. The third-order valence-electron chi connectivity index (χ3n) is 4.22. The first-order valence-corrected chi connectivity index (χ1v) is 9.88. The Kier molecular flexibility index (Phi) is 10.0. The normalized spacial score (nSPS) is 11.0. The Morgan fingerprint density at radius 1 is 1.03 bits per heavy atom. The zero-order valence-corrected chi connectivity index (χ0v) is 20.9. The number of fused-ring (bicyclic) bond motifs is 1. The topological polar surface area (TPSA) is 63.1 Å². The first-order chi connectivity index (χ1) is 13.7. The molecule has 0 bridgehead atoms. The van der Waals surface area contributed by atoms with E-state index >= 15 is 0 Å². The molecule has 1 N–H and O–H groups in total. The molecule has 0 saturated heterocycles. The number of nitrogens with zero attached hydrogens (tertiary/aromatic N) is 2. The van der Waals surface area contributed by atoms with E-state index in [4.69, 9.17) is 10.1 Å². The zero-order chi connectivity index (χ0) is 21.6. The number of aliphatic hydroxyl groups excluding tert-OH is 1. The SMILES string of the molecule is CC(=O)/C=C(/C)O.Cc1cc(C)nc(-c2ccc3c(CC(C)C)cccc3n2)c1.[Ir]. The molecule has 161 valence electrons. The fourth-order valence-electron chi connectivity index (χ4n) is 3.25. The van der Waals surface area contributed by atoms with E-state index in [2.05, 4.69) is 68.2 Å². The first kappa shape index (κ1) is 25.7. The summed E-state index contributed by atoms with van der Waals surface area (Å²) in [5, 5.41) is 9.62. The molecule has 2 aromatic heterocycles. The number of aromatic nitrogens is 2. The maximum absolute atomic E-state index is 10.0. The van der Waals surface area contributed by atoms with Gasteiger partial charge in [0.2, 0.25) is 0 Å². The monoisotopic (exact) mass is 583 g/mol. The molecule has 2 heterocycles. The molecule has 1 radical (unpaired) electrons. The zero-order valence-electron chi connectivity index (χ0n) is 18.5. The van der Waals surface area contributed by atoms with Gasteiger partial charge in [-0.05, 0) is 75.4 Å². The number of benzene rings is 1. The molecule has 0 aliphatic heterocycles. The smallest absolute Gasteiger partial charge is 0.155 e. The van der Waals surface area contributed by atoms with Gasteiger partial charge in [-0.1, -0.05) is 32.0 Å². The van der Waals surface area contributed by atoms with Gasteiger partial charge in [0.15, 0.2) is 5.78 Å². The van der Waals surface area contributed by atoms with Crippen LogP contribution < -0.4 is 0 Å². The number of carbonyl (C=O) groups excluding carboxylic acids is 1. The van der Waals surface area contributed by atoms with Crippen molar-refractivity contribution in [2.45, 2.75) is 48.0 Å². The molecule has 3 rings (SSSR count). The van der Waals surface area contributed by atoms with E-state index in [1.165, 1.54) is 36.4 Å². The Bertz CT molecular complexity index is 1020. The molecule has 4 nitrogen and oxygen atoms in total. The Hall–Kier alpha value is -2.36. The van der Waals surface area contributed by atoms with Crippen molar-refractivity contribution in [3.8, 4) is 11.4 Å². The van der Waals surface area contributed by atoms with E-state index in [1.54, 1.807) is 0 Å². The molecule has 0 fully saturated rings. The molecule has 0 aliphatic carbocycles. The van der Waals surface area contributed by atoms with Crippen LogP contribution in [-0.2, 0) is 31.3 Å². The van der Waals surface area contributed by atoms with Crippen LogP contribution in [0.5, 0.6) is 0 Å². The van der Waals surface area contributed by atoms with Crippen molar-refractivity contribution in [2.75, 3.05) is 0 Å². The van der Waals surface area contributed by atoms with Gasteiger partial charge in [0, 0.05) is 37.3 Å². The van der Waals surface area contributed by atoms with E-state index in [9.17, 15) is 4.79 Å². The number of carbonyl (C=O) groups is 1. The van der Waals surface area contributed by atoms with Crippen molar-refractivity contribution in [3.63, 3.8) is 0 Å². The second kappa shape index (κ2) is 11.7. The fourth-order valence-corrected chi connectivity index (χ4v) is 3.25. The van der Waals surface area contributed by atoms with Gasteiger partial charge in [-0.25, -0.2) is 4.98 Å². The van der Waals surface area contributed by atoms with E-state index in [-0.39, 0.29) is 31.6 Å². The van der Waals surface area contributed by atoms with Crippen LogP contribution in [0.25, 0.3) is 22.3 Å². The number of rotatable bonds is 4. The second-order valence-electron chi connectivity index (χ2n) is 7.85. The van der Waals surface area contributed by atoms with Crippen LogP contribution in [0.1, 0.15) is 44.5 Å². The molecular weight excluding hydrogens is 553 g/mol. The van der Waals surface area contributed by atoms with Crippen LogP contribution in [0.4, 0.5) is 0 Å². The number of hydrogen-bond acceptors (Lipinski definition) is 4. The van der Waals surface area contributed by atoms with E-state index in [1.807, 2.05) is 6.92 Å². The summed E-state index contributed by atoms with van der Waals surface area (Å²) in [5.74, 6) is 0.582. The van der Waals surface area contributed by atoms with Crippen LogP contribution in [0.15, 0.2) is 54.3 Å². The molecule has 0 aliphatic rings. The molecule has 0 saturated carbocycles. The first-order valence-electron chi connectivity index (χ1n) is 9.88. The molecule has 0 amide bonds. The predicted molar refractivity (Wildman–Crippen MR) is 120 cm³/mol. The summed E-state index contributed by atoms with van der Waals surface area (Å²) in [7, 11) is 0. The minimum atomic E-state index is -0.125. The fraction of sp³-hybridized carbons (Fsp3) is 0.320. The van der Waals surface area contributed by atoms with Crippen LogP contribution >= 0.6 is 0 Å². The molecular formula is C25H30IrN2O2. The van der Waals surface area contributed by atoms with Gasteiger partial charge in [0.1, 0.15) is 0 Å². The molecule has 1 aromatic carbocycles. The quantitative estimate of drug-likeness (QED) is 0.296. The van der Waals surface area contributed by atoms with Crippen LogP contribution in [0, 0.1) is 19.8 Å². The number of aryl methyl sites for hydroxylation is 2. The summed E-state index contributed by atoms with van der Waals surface area (Å²) in [6, 6.07) is 14.9. The van der Waals surface area contributed by atoms with Crippen molar-refractivity contribution in [2.24, 2.45) is 5.92 Å². The summed E-state index contributed by atoms with van der Waals surface area (Å²) in [5.41, 5.74) is 6.58. The third kappa shape index (κ3) is 7.81. The van der Waals surface area contributed by atoms with Crippen molar-refractivity contribution in [1.29, 1.82) is 0 Å². The van der Waals surface area contributed by atoms with Gasteiger partial charge in [0.05, 0.1) is 22.7 Å². The standard InChI is InChI=1S/C20H22N2.C5H8O2.Ir/c1-13(2)10-16-6-5-7-18-17(16)8-9-19(22-18)20-12-14(3)11-15(4)21-20;1-4(6)3-5(2)7;/h5-9,11-13H,10H2,1-4H3;3,6H,1-2H3;/b;4-3-;. The minimum absolute atomic E-state index is 0. The average molecular weight is 583 g/mol. The number of aliphatic hydroxyl groups is 1. The Morgan fingerprint density at radius 3 is 2.27 bits per heavy atom. The van der Waals surface area contributed by atoms with Crippen molar-refractivity contribution >= 4 is 16.7 Å². The number of pyridine rings is 2. The van der Waals surface area contributed by atoms with Gasteiger partial charge in [0.25, 0.3) is 0 Å². The summed E-state index contributed by atoms with van der Waals surface area (Å²) in [6.07, 6.45) is 2.25. The van der Waals surface area contributed by atoms with Gasteiger partial charge in [-0.15, -0.1) is 0 Å². The summed E-state index contributed by atoms with van der Waals surface area (Å²) >= 11 is 0. The molecule has 30 heavy (non-hydrogen) atoms. The van der Waals surface area contributed by atoms with E-state index in [0.717, 1.165) is 29.0 Å². The average Bonchev–Trinajstić information content (AvgIpc) is 2.59. The largest absolute Gasteiger partial charge is 0.512 e. The van der Waals surface area contributed by atoms with Crippen LogP contribution in [0.2, 0.25) is 0 Å². The molecule has 0 unspecified atom stereocenters. The maximum atomic E-state index is 10.0. The summed E-state index contributed by atoms with van der Waals surface area (Å²) < 4.78 is 0.